The van der Waals surface area contributed by atoms with Crippen LogP contribution in [0.2, 0.25) is 0 Å². The summed E-state index contributed by atoms with van der Waals surface area (Å²) in [7, 11) is 0. The number of tetrazole rings is 1. The highest BCUT2D eigenvalue weighted by Gasteiger charge is 2.41. The van der Waals surface area contributed by atoms with Gasteiger partial charge in [0.2, 0.25) is 11.7 Å². The Hall–Kier alpha value is -6.93. The summed E-state index contributed by atoms with van der Waals surface area (Å²) in [5.41, 5.74) is 11.5. The molecule has 9 rings (SSSR count). The second kappa shape index (κ2) is 15.0. The molecule has 8 nitrogen and oxygen atoms in total. The fourth-order valence-corrected chi connectivity index (χ4v) is 8.00. The minimum Gasteiger partial charge on any atom is -0.441 e. The van der Waals surface area contributed by atoms with E-state index in [1.165, 1.54) is 5.56 Å². The van der Waals surface area contributed by atoms with Crippen molar-refractivity contribution in [1.29, 1.82) is 0 Å². The zero-order valence-electron chi connectivity index (χ0n) is 32.6. The highest BCUT2D eigenvalue weighted by atomic mass is 16.4. The maximum Gasteiger partial charge on any atom is 0.226 e. The van der Waals surface area contributed by atoms with E-state index in [9.17, 15) is 0 Å². The first kappa shape index (κ1) is 35.8. The smallest absolute Gasteiger partial charge is 0.226 e. The average molecular weight is 746 g/mol. The summed E-state index contributed by atoms with van der Waals surface area (Å²) in [5, 5.41) is 14.8. The predicted octanol–water partition coefficient (Wildman–Crippen LogP) is 10.8. The van der Waals surface area contributed by atoms with Gasteiger partial charge in [-0.3, -0.25) is 0 Å². The van der Waals surface area contributed by atoms with Crippen LogP contribution in [0.15, 0.2) is 156 Å². The number of nitrogens with zero attached hydrogens (tertiary/aromatic N) is 7. The molecular weight excluding hydrogens is 703 g/mol. The Labute approximate surface area is 332 Å². The van der Waals surface area contributed by atoms with Crippen LogP contribution in [0.5, 0.6) is 0 Å². The minimum atomic E-state index is -0.856. The van der Waals surface area contributed by atoms with Gasteiger partial charge in [-0.1, -0.05) is 146 Å². The summed E-state index contributed by atoms with van der Waals surface area (Å²) < 4.78 is 8.39. The Kier molecular flexibility index (Phi) is 9.38. The van der Waals surface area contributed by atoms with Crippen molar-refractivity contribution in [3.8, 4) is 34.0 Å². The molecule has 280 valence electrons. The van der Waals surface area contributed by atoms with Gasteiger partial charge in [-0.2, -0.15) is 0 Å². The lowest BCUT2D eigenvalue weighted by molar-refractivity contribution is 0.396. The molecule has 0 spiro atoms. The van der Waals surface area contributed by atoms with E-state index in [2.05, 4.69) is 146 Å². The van der Waals surface area contributed by atoms with E-state index < -0.39 is 5.54 Å². The van der Waals surface area contributed by atoms with Gasteiger partial charge in [-0.05, 0) is 83.5 Å². The Bertz CT molecular complexity index is 2690. The highest BCUT2D eigenvalue weighted by molar-refractivity contribution is 5.85. The van der Waals surface area contributed by atoms with Crippen molar-refractivity contribution < 1.29 is 4.42 Å². The number of imidazole rings is 1. The van der Waals surface area contributed by atoms with Gasteiger partial charge in [0.05, 0.1) is 16.7 Å². The lowest BCUT2D eigenvalue weighted by Crippen LogP contribution is -2.39. The van der Waals surface area contributed by atoms with E-state index in [0.717, 1.165) is 85.7 Å². The molecule has 57 heavy (non-hydrogen) atoms. The zero-order chi connectivity index (χ0) is 38.9. The summed E-state index contributed by atoms with van der Waals surface area (Å²) in [5.74, 6) is 3.11. The van der Waals surface area contributed by atoms with Crippen molar-refractivity contribution in [1.82, 2.24) is 34.7 Å². The van der Waals surface area contributed by atoms with Crippen LogP contribution in [0.25, 0.3) is 45.0 Å². The van der Waals surface area contributed by atoms with E-state index in [-0.39, 0.29) is 0 Å². The number of fused-ring (bicyclic) bond motifs is 1. The van der Waals surface area contributed by atoms with Crippen LogP contribution in [0.3, 0.4) is 0 Å². The van der Waals surface area contributed by atoms with Gasteiger partial charge in [0.1, 0.15) is 11.6 Å². The van der Waals surface area contributed by atoms with Gasteiger partial charge in [0, 0.05) is 24.1 Å². The largest absolute Gasteiger partial charge is 0.441 e. The molecule has 0 aliphatic heterocycles. The molecule has 3 heterocycles. The molecule has 0 bridgehead atoms. The van der Waals surface area contributed by atoms with E-state index in [0.29, 0.717) is 18.3 Å². The quantitative estimate of drug-likeness (QED) is 0.123. The number of oxazole rings is 1. The SMILES string of the molecule is CCCc1nc2c(C)cc(-c3nc(C)c(C)o3)cc2n1Cc1ccc(-c2ccccc2-c2nnn(C(c3ccccc3)(c3ccccc3)c3ccccc3)n2)cc1. The van der Waals surface area contributed by atoms with Gasteiger partial charge in [-0.15, -0.1) is 15.0 Å². The van der Waals surface area contributed by atoms with Crippen LogP contribution in [0.1, 0.15) is 58.4 Å². The molecule has 8 heteroatoms. The number of hydrogen-bond donors (Lipinski definition) is 0. The molecule has 0 unspecified atom stereocenters. The van der Waals surface area contributed by atoms with Crippen molar-refractivity contribution in [2.75, 3.05) is 0 Å². The second-order valence-corrected chi connectivity index (χ2v) is 14.6. The standard InChI is InChI=1S/C49H43N7O/c1-5-17-45-51-46-33(2)30-38(48-50-34(3)35(4)57-48)31-44(46)55(45)32-36-26-28-37(29-27-36)42-24-15-16-25-43(42)47-52-54-56(53-47)49(39-18-9-6-10-19-39,40-20-11-7-12-21-40)41-22-13-8-14-23-41/h6-16,18-31H,5,17,32H2,1-4H3. The van der Waals surface area contributed by atoms with Crippen LogP contribution in [0.4, 0.5) is 0 Å². The highest BCUT2D eigenvalue weighted by Crippen LogP contribution is 2.40. The fourth-order valence-electron chi connectivity index (χ4n) is 8.00. The Morgan fingerprint density at radius 2 is 1.23 bits per heavy atom. The van der Waals surface area contributed by atoms with Gasteiger partial charge >= 0.3 is 0 Å². The molecule has 0 aliphatic carbocycles. The molecule has 0 radical (unpaired) electrons. The maximum absolute atomic E-state index is 6.04. The molecule has 0 aliphatic rings. The molecule has 0 saturated heterocycles. The molecule has 0 N–H and O–H groups in total. The van der Waals surface area contributed by atoms with Crippen molar-refractivity contribution >= 4 is 11.0 Å². The molecule has 0 atom stereocenters. The van der Waals surface area contributed by atoms with Gasteiger partial charge in [-0.25, -0.2) is 9.97 Å². The van der Waals surface area contributed by atoms with Crippen molar-refractivity contribution in [3.05, 3.63) is 197 Å². The number of benzene rings is 6. The Balaban J connectivity index is 1.09. The number of rotatable bonds is 11. The monoisotopic (exact) mass is 745 g/mol. The van der Waals surface area contributed by atoms with Crippen molar-refractivity contribution in [2.24, 2.45) is 0 Å². The summed E-state index contributed by atoms with van der Waals surface area (Å²) in [6.45, 7) is 8.94. The molecule has 0 fully saturated rings. The molecule has 9 aromatic rings. The van der Waals surface area contributed by atoms with Crippen LogP contribution in [0, 0.1) is 20.8 Å². The maximum atomic E-state index is 6.04. The normalized spacial score (nSPS) is 11.7. The fraction of sp³-hybridized carbons (Fsp3) is 0.163. The van der Waals surface area contributed by atoms with E-state index in [1.807, 2.05) is 38.1 Å². The minimum absolute atomic E-state index is 0.554. The van der Waals surface area contributed by atoms with Gasteiger partial charge in [0.15, 0.2) is 5.54 Å². The summed E-state index contributed by atoms with van der Waals surface area (Å²) in [6.07, 6.45) is 1.89. The third kappa shape index (κ3) is 6.43. The molecule has 0 saturated carbocycles. The van der Waals surface area contributed by atoms with Crippen molar-refractivity contribution in [3.63, 3.8) is 0 Å². The van der Waals surface area contributed by atoms with E-state index in [1.54, 1.807) is 4.80 Å². The predicted molar refractivity (Wildman–Crippen MR) is 226 cm³/mol. The first-order valence-electron chi connectivity index (χ1n) is 19.5. The first-order valence-corrected chi connectivity index (χ1v) is 19.5. The molecule has 0 amide bonds. The van der Waals surface area contributed by atoms with E-state index >= 15 is 0 Å². The molecular formula is C49H43N7O. The van der Waals surface area contributed by atoms with Crippen LogP contribution >= 0.6 is 0 Å². The van der Waals surface area contributed by atoms with E-state index in [4.69, 9.17) is 29.8 Å². The lowest BCUT2D eigenvalue weighted by atomic mass is 9.77. The third-order valence-electron chi connectivity index (χ3n) is 10.9. The third-order valence-corrected chi connectivity index (χ3v) is 10.9. The Morgan fingerprint density at radius 3 is 1.81 bits per heavy atom. The molecule has 3 aromatic heterocycles. The summed E-state index contributed by atoms with van der Waals surface area (Å²) in [4.78, 5) is 11.6. The van der Waals surface area contributed by atoms with Crippen LogP contribution < -0.4 is 0 Å². The van der Waals surface area contributed by atoms with Crippen LogP contribution in [-0.2, 0) is 18.5 Å². The number of aryl methyl sites for hydroxylation is 4. The first-order chi connectivity index (χ1) is 27.9. The average Bonchev–Trinajstić information content (AvgIpc) is 3.98. The van der Waals surface area contributed by atoms with Gasteiger partial charge in [0.25, 0.3) is 0 Å². The molecule has 6 aromatic carbocycles. The number of aromatic nitrogens is 7. The van der Waals surface area contributed by atoms with Gasteiger partial charge < -0.3 is 8.98 Å². The second-order valence-electron chi connectivity index (χ2n) is 14.6. The van der Waals surface area contributed by atoms with Crippen molar-refractivity contribution in [2.45, 2.75) is 52.6 Å². The summed E-state index contributed by atoms with van der Waals surface area (Å²) in [6, 6.07) is 52.7. The lowest BCUT2D eigenvalue weighted by Gasteiger charge is -2.34. The Morgan fingerprint density at radius 1 is 0.632 bits per heavy atom. The number of hydrogen-bond acceptors (Lipinski definition) is 6. The zero-order valence-corrected chi connectivity index (χ0v) is 32.6. The summed E-state index contributed by atoms with van der Waals surface area (Å²) >= 11 is 0. The van der Waals surface area contributed by atoms with Crippen LogP contribution in [-0.4, -0.2) is 34.7 Å². The topological polar surface area (TPSA) is 87.5 Å².